The Kier molecular flexibility index (Phi) is 3.49. The van der Waals surface area contributed by atoms with Gasteiger partial charge in [0.2, 0.25) is 0 Å². The average Bonchev–Trinajstić information content (AvgIpc) is 2.17. The van der Waals surface area contributed by atoms with Crippen LogP contribution >= 0.6 is 0 Å². The molecule has 3 heteroatoms. The van der Waals surface area contributed by atoms with E-state index >= 15 is 0 Å². The number of benzene rings is 1. The number of hydrogen-bond acceptors (Lipinski definition) is 3. The largest absolute Gasteiger partial charge is 0.497 e. The molecule has 0 amide bonds. The van der Waals surface area contributed by atoms with Gasteiger partial charge in [-0.2, -0.15) is 0 Å². The highest BCUT2D eigenvalue weighted by Gasteiger charge is 2.17. The third-order valence-corrected chi connectivity index (χ3v) is 2.16. The summed E-state index contributed by atoms with van der Waals surface area (Å²) in [5.41, 5.74) is 6.37. The van der Waals surface area contributed by atoms with Crippen LogP contribution in [0.5, 0.6) is 5.75 Å². The van der Waals surface area contributed by atoms with Crippen LogP contribution in [0, 0.1) is 0 Å². The lowest BCUT2D eigenvalue weighted by atomic mass is 10.0. The van der Waals surface area contributed by atoms with Crippen LogP contribution in [-0.4, -0.2) is 19.9 Å². The van der Waals surface area contributed by atoms with Crippen LogP contribution in [-0.2, 0) is 11.2 Å². The van der Waals surface area contributed by atoms with Crippen LogP contribution in [0.3, 0.4) is 0 Å². The van der Waals surface area contributed by atoms with Crippen LogP contribution in [0.15, 0.2) is 24.3 Å². The van der Waals surface area contributed by atoms with Crippen molar-refractivity contribution in [3.63, 3.8) is 0 Å². The smallest absolute Gasteiger partial charge is 0.119 e. The van der Waals surface area contributed by atoms with Crippen molar-refractivity contribution >= 4 is 0 Å². The minimum Gasteiger partial charge on any atom is -0.497 e. The van der Waals surface area contributed by atoms with Gasteiger partial charge in [0.15, 0.2) is 0 Å². The first-order valence-corrected chi connectivity index (χ1v) is 4.54. The number of hydrogen-bond donors (Lipinski definition) is 1. The van der Waals surface area contributed by atoms with Crippen LogP contribution in [0.25, 0.3) is 0 Å². The Balaban J connectivity index is 2.76. The Morgan fingerprint density at radius 2 is 2.07 bits per heavy atom. The molecule has 1 rings (SSSR count). The Bertz CT molecular complexity index is 297. The van der Waals surface area contributed by atoms with E-state index in [1.54, 1.807) is 14.2 Å². The first kappa shape index (κ1) is 11.0. The molecule has 0 radical (unpaired) electrons. The van der Waals surface area contributed by atoms with Crippen molar-refractivity contribution in [2.45, 2.75) is 19.1 Å². The highest BCUT2D eigenvalue weighted by Crippen LogP contribution is 2.16. The molecule has 0 aliphatic rings. The van der Waals surface area contributed by atoms with Gasteiger partial charge in [-0.1, -0.05) is 12.1 Å². The second-order valence-electron chi connectivity index (χ2n) is 3.55. The molecule has 14 heavy (non-hydrogen) atoms. The molecule has 78 valence electrons. The van der Waals surface area contributed by atoms with Gasteiger partial charge in [-0.05, 0) is 24.6 Å². The molecule has 0 aliphatic heterocycles. The van der Waals surface area contributed by atoms with Gasteiger partial charge in [0.05, 0.1) is 7.11 Å². The third-order valence-electron chi connectivity index (χ3n) is 2.16. The molecule has 1 atom stereocenters. The van der Waals surface area contributed by atoms with E-state index in [2.05, 4.69) is 0 Å². The fraction of sp³-hybridized carbons (Fsp3) is 0.455. The van der Waals surface area contributed by atoms with Gasteiger partial charge in [0.1, 0.15) is 11.5 Å². The summed E-state index contributed by atoms with van der Waals surface area (Å²) in [7, 11) is 3.26. The van der Waals surface area contributed by atoms with Gasteiger partial charge in [-0.3, -0.25) is 0 Å². The van der Waals surface area contributed by atoms with E-state index in [1.807, 2.05) is 31.2 Å². The topological polar surface area (TPSA) is 44.5 Å². The maximum atomic E-state index is 5.88. The Labute approximate surface area is 84.8 Å². The van der Waals surface area contributed by atoms with Crippen molar-refractivity contribution in [2.75, 3.05) is 14.2 Å². The standard InChI is InChI=1S/C11H17NO2/c1-11(12,14-3)8-9-5-4-6-10(7-9)13-2/h4-7H,8,12H2,1-3H3. The van der Waals surface area contributed by atoms with E-state index in [9.17, 15) is 0 Å². The summed E-state index contributed by atoms with van der Waals surface area (Å²) in [5.74, 6) is 0.842. The van der Waals surface area contributed by atoms with E-state index in [1.165, 1.54) is 0 Å². The normalized spacial score (nSPS) is 14.9. The van der Waals surface area contributed by atoms with Crippen LogP contribution in [0.1, 0.15) is 12.5 Å². The molecule has 0 bridgehead atoms. The van der Waals surface area contributed by atoms with Crippen molar-refractivity contribution < 1.29 is 9.47 Å². The van der Waals surface area contributed by atoms with Gasteiger partial charge in [0, 0.05) is 13.5 Å². The quantitative estimate of drug-likeness (QED) is 0.741. The van der Waals surface area contributed by atoms with Crippen molar-refractivity contribution in [1.82, 2.24) is 0 Å². The fourth-order valence-electron chi connectivity index (χ4n) is 1.26. The zero-order valence-corrected chi connectivity index (χ0v) is 8.91. The van der Waals surface area contributed by atoms with Gasteiger partial charge >= 0.3 is 0 Å². The molecule has 1 unspecified atom stereocenters. The summed E-state index contributed by atoms with van der Waals surface area (Å²) in [5, 5.41) is 0. The highest BCUT2D eigenvalue weighted by atomic mass is 16.5. The SMILES string of the molecule is COc1cccc(CC(C)(N)OC)c1. The molecule has 0 saturated carbocycles. The fourth-order valence-corrected chi connectivity index (χ4v) is 1.26. The maximum absolute atomic E-state index is 5.88. The first-order valence-electron chi connectivity index (χ1n) is 4.54. The molecule has 1 aromatic carbocycles. The lowest BCUT2D eigenvalue weighted by molar-refractivity contribution is 0.0121. The van der Waals surface area contributed by atoms with Crippen molar-refractivity contribution in [3.05, 3.63) is 29.8 Å². The van der Waals surface area contributed by atoms with Crippen LogP contribution < -0.4 is 10.5 Å². The summed E-state index contributed by atoms with van der Waals surface area (Å²) < 4.78 is 10.3. The van der Waals surface area contributed by atoms with E-state index in [4.69, 9.17) is 15.2 Å². The maximum Gasteiger partial charge on any atom is 0.119 e. The zero-order valence-electron chi connectivity index (χ0n) is 8.91. The molecule has 2 N–H and O–H groups in total. The van der Waals surface area contributed by atoms with Crippen LogP contribution in [0.2, 0.25) is 0 Å². The van der Waals surface area contributed by atoms with Gasteiger partial charge in [0.25, 0.3) is 0 Å². The molecule has 0 heterocycles. The molecule has 3 nitrogen and oxygen atoms in total. The summed E-state index contributed by atoms with van der Waals surface area (Å²) in [6, 6.07) is 7.82. The zero-order chi connectivity index (χ0) is 10.6. The van der Waals surface area contributed by atoms with E-state index < -0.39 is 5.72 Å². The summed E-state index contributed by atoms with van der Waals surface area (Å²) in [6.07, 6.45) is 0.667. The van der Waals surface area contributed by atoms with Crippen molar-refractivity contribution in [3.8, 4) is 5.75 Å². The van der Waals surface area contributed by atoms with Crippen LogP contribution in [0.4, 0.5) is 0 Å². The van der Waals surface area contributed by atoms with E-state index in [0.29, 0.717) is 6.42 Å². The molecule has 0 fully saturated rings. The molecule has 1 aromatic rings. The van der Waals surface area contributed by atoms with E-state index in [0.717, 1.165) is 11.3 Å². The van der Waals surface area contributed by atoms with Gasteiger partial charge < -0.3 is 15.2 Å². The highest BCUT2D eigenvalue weighted by molar-refractivity contribution is 5.29. The molecule has 0 aliphatic carbocycles. The predicted molar refractivity (Wildman–Crippen MR) is 56.3 cm³/mol. The summed E-state index contributed by atoms with van der Waals surface area (Å²) >= 11 is 0. The lowest BCUT2D eigenvalue weighted by Gasteiger charge is -2.22. The van der Waals surface area contributed by atoms with Gasteiger partial charge in [-0.15, -0.1) is 0 Å². The second kappa shape index (κ2) is 4.44. The van der Waals surface area contributed by atoms with Crippen molar-refractivity contribution in [1.29, 1.82) is 0 Å². The second-order valence-corrected chi connectivity index (χ2v) is 3.55. The first-order chi connectivity index (χ1) is 6.57. The molecule has 0 spiro atoms. The lowest BCUT2D eigenvalue weighted by Crippen LogP contribution is -2.40. The Hall–Kier alpha value is -1.06. The monoisotopic (exact) mass is 195 g/mol. The number of nitrogens with two attached hydrogens (primary N) is 1. The van der Waals surface area contributed by atoms with Crippen molar-refractivity contribution in [2.24, 2.45) is 5.73 Å². The summed E-state index contributed by atoms with van der Waals surface area (Å²) in [4.78, 5) is 0. The van der Waals surface area contributed by atoms with Gasteiger partial charge in [-0.25, -0.2) is 0 Å². The molecule has 0 saturated heterocycles. The molecular formula is C11H17NO2. The van der Waals surface area contributed by atoms with E-state index in [-0.39, 0.29) is 0 Å². The Morgan fingerprint density at radius 1 is 1.36 bits per heavy atom. The minimum absolute atomic E-state index is 0.619. The molecular weight excluding hydrogens is 178 g/mol. The predicted octanol–water partition coefficient (Wildman–Crippen LogP) is 1.56. The number of rotatable bonds is 4. The molecule has 0 aromatic heterocycles. The summed E-state index contributed by atoms with van der Waals surface area (Å²) in [6.45, 7) is 1.85. The minimum atomic E-state index is -0.619. The number of ether oxygens (including phenoxy) is 2. The Morgan fingerprint density at radius 3 is 2.64 bits per heavy atom. The number of methoxy groups -OCH3 is 2. The third kappa shape index (κ3) is 3.01. The average molecular weight is 195 g/mol.